The lowest BCUT2D eigenvalue weighted by atomic mass is 9.84. The van der Waals surface area contributed by atoms with E-state index in [1.54, 1.807) is 0 Å². The van der Waals surface area contributed by atoms with Gasteiger partial charge in [0.1, 0.15) is 0 Å². The number of likely N-dealkylation sites (N-methyl/N-ethyl adjacent to an activating group) is 1. The largest absolute Gasteiger partial charge is 0.313 e. The highest BCUT2D eigenvalue weighted by molar-refractivity contribution is 4.88. The lowest BCUT2D eigenvalue weighted by Crippen LogP contribution is -2.53. The lowest BCUT2D eigenvalue weighted by Gasteiger charge is -2.43. The first-order chi connectivity index (χ1) is 9.72. The fraction of sp³-hybridized carbons (Fsp3) is 1.00. The van der Waals surface area contributed by atoms with E-state index in [0.717, 1.165) is 30.5 Å². The Kier molecular flexibility index (Phi) is 6.83. The van der Waals surface area contributed by atoms with E-state index >= 15 is 0 Å². The Hall–Kier alpha value is -0.0800. The Morgan fingerprint density at radius 3 is 2.20 bits per heavy atom. The maximum atomic E-state index is 3.79. The molecule has 0 amide bonds. The third-order valence-electron chi connectivity index (χ3n) is 5.68. The Bertz CT molecular complexity index is 256. The maximum absolute atomic E-state index is 3.79. The minimum Gasteiger partial charge on any atom is -0.313 e. The molecule has 1 aliphatic carbocycles. The molecule has 2 heteroatoms. The molecule has 0 radical (unpaired) electrons. The van der Waals surface area contributed by atoms with Crippen molar-refractivity contribution in [2.24, 2.45) is 11.8 Å². The predicted octanol–water partition coefficient (Wildman–Crippen LogP) is 4.06. The summed E-state index contributed by atoms with van der Waals surface area (Å²) in [6, 6.07) is 1.55. The van der Waals surface area contributed by atoms with Crippen molar-refractivity contribution in [3.8, 4) is 0 Å². The first kappa shape index (κ1) is 16.3. The molecular weight excluding hydrogens is 244 g/mol. The third-order valence-corrected chi connectivity index (χ3v) is 5.68. The number of nitrogens with zero attached hydrogens (tertiary/aromatic N) is 1. The maximum Gasteiger partial charge on any atom is 0.0249 e. The van der Waals surface area contributed by atoms with Crippen molar-refractivity contribution in [1.82, 2.24) is 10.2 Å². The highest BCUT2D eigenvalue weighted by atomic mass is 15.2. The van der Waals surface area contributed by atoms with Gasteiger partial charge in [-0.25, -0.2) is 0 Å². The molecule has 1 N–H and O–H groups in total. The van der Waals surface area contributed by atoms with E-state index in [-0.39, 0.29) is 0 Å². The summed E-state index contributed by atoms with van der Waals surface area (Å²) < 4.78 is 0. The highest BCUT2D eigenvalue weighted by Crippen LogP contribution is 2.29. The van der Waals surface area contributed by atoms with Crippen LogP contribution < -0.4 is 5.32 Å². The van der Waals surface area contributed by atoms with Crippen LogP contribution >= 0.6 is 0 Å². The normalized spacial score (nSPS) is 31.2. The zero-order chi connectivity index (χ0) is 14.4. The molecular formula is C18H36N2. The van der Waals surface area contributed by atoms with Crippen LogP contribution in [0.15, 0.2) is 0 Å². The van der Waals surface area contributed by atoms with Gasteiger partial charge in [-0.1, -0.05) is 46.5 Å². The molecule has 1 saturated carbocycles. The molecule has 0 aromatic carbocycles. The monoisotopic (exact) mass is 280 g/mol. The van der Waals surface area contributed by atoms with Crippen LogP contribution in [0.2, 0.25) is 0 Å². The first-order valence-corrected chi connectivity index (χ1v) is 9.19. The number of hydrogen-bond donors (Lipinski definition) is 1. The molecule has 118 valence electrons. The van der Waals surface area contributed by atoms with Crippen LogP contribution in [0.25, 0.3) is 0 Å². The molecule has 1 heterocycles. The quantitative estimate of drug-likeness (QED) is 0.835. The van der Waals surface area contributed by atoms with Crippen LogP contribution in [0.1, 0.15) is 72.1 Å². The standard InChI is InChI=1S/C18H36N2/c1-4-19-17-9-7-5-6-8-10-18(17)20-13-11-16(12-14-20)15(2)3/h15-19H,4-14H2,1-3H3. The topological polar surface area (TPSA) is 15.3 Å². The van der Waals surface area contributed by atoms with Gasteiger partial charge in [-0.2, -0.15) is 0 Å². The van der Waals surface area contributed by atoms with Gasteiger partial charge in [0, 0.05) is 12.1 Å². The van der Waals surface area contributed by atoms with Crippen LogP contribution in [0.4, 0.5) is 0 Å². The Balaban J connectivity index is 1.92. The van der Waals surface area contributed by atoms with E-state index in [9.17, 15) is 0 Å². The zero-order valence-corrected chi connectivity index (χ0v) is 14.0. The van der Waals surface area contributed by atoms with Gasteiger partial charge >= 0.3 is 0 Å². The fourth-order valence-electron chi connectivity index (χ4n) is 4.32. The van der Waals surface area contributed by atoms with E-state index in [4.69, 9.17) is 0 Å². The van der Waals surface area contributed by atoms with Gasteiger partial charge in [0.05, 0.1) is 0 Å². The summed E-state index contributed by atoms with van der Waals surface area (Å²) in [5.74, 6) is 1.84. The van der Waals surface area contributed by atoms with Crippen molar-refractivity contribution < 1.29 is 0 Å². The van der Waals surface area contributed by atoms with Gasteiger partial charge in [-0.15, -0.1) is 0 Å². The van der Waals surface area contributed by atoms with Crippen LogP contribution in [-0.4, -0.2) is 36.6 Å². The Labute approximate surface area is 126 Å². The van der Waals surface area contributed by atoms with E-state index < -0.39 is 0 Å². The van der Waals surface area contributed by atoms with Crippen LogP contribution in [-0.2, 0) is 0 Å². The SMILES string of the molecule is CCNC1CCCCCCC1N1CCC(C(C)C)CC1. The van der Waals surface area contributed by atoms with Crippen molar-refractivity contribution in [3.05, 3.63) is 0 Å². The second-order valence-corrected chi connectivity index (χ2v) is 7.34. The Morgan fingerprint density at radius 2 is 1.60 bits per heavy atom. The molecule has 2 nitrogen and oxygen atoms in total. The van der Waals surface area contributed by atoms with Crippen molar-refractivity contribution in [3.63, 3.8) is 0 Å². The molecule has 1 aliphatic heterocycles. The second-order valence-electron chi connectivity index (χ2n) is 7.34. The average Bonchev–Trinajstić information content (AvgIpc) is 2.42. The van der Waals surface area contributed by atoms with Crippen molar-refractivity contribution in [2.45, 2.75) is 84.2 Å². The summed E-state index contributed by atoms with van der Waals surface area (Å²) in [6.45, 7) is 10.9. The van der Waals surface area contributed by atoms with Gasteiger partial charge in [0.2, 0.25) is 0 Å². The smallest absolute Gasteiger partial charge is 0.0249 e. The average molecular weight is 281 g/mol. The van der Waals surface area contributed by atoms with Gasteiger partial charge in [-0.05, 0) is 57.2 Å². The fourth-order valence-corrected chi connectivity index (χ4v) is 4.32. The highest BCUT2D eigenvalue weighted by Gasteiger charge is 2.31. The van der Waals surface area contributed by atoms with Gasteiger partial charge < -0.3 is 5.32 Å². The van der Waals surface area contributed by atoms with E-state index in [2.05, 4.69) is 31.0 Å². The van der Waals surface area contributed by atoms with Crippen molar-refractivity contribution in [1.29, 1.82) is 0 Å². The van der Waals surface area contributed by atoms with E-state index in [1.165, 1.54) is 64.5 Å². The number of piperidine rings is 1. The van der Waals surface area contributed by atoms with Gasteiger partial charge in [0.25, 0.3) is 0 Å². The predicted molar refractivity (Wildman–Crippen MR) is 88.1 cm³/mol. The first-order valence-electron chi connectivity index (χ1n) is 9.19. The molecule has 0 spiro atoms. The minimum atomic E-state index is 0.746. The number of likely N-dealkylation sites (tertiary alicyclic amines) is 1. The summed E-state index contributed by atoms with van der Waals surface area (Å²) in [5, 5.41) is 3.79. The molecule has 0 aromatic rings. The summed E-state index contributed by atoms with van der Waals surface area (Å²) in [6.07, 6.45) is 11.4. The van der Waals surface area contributed by atoms with Gasteiger partial charge in [0.15, 0.2) is 0 Å². The van der Waals surface area contributed by atoms with Crippen LogP contribution in [0.3, 0.4) is 0 Å². The summed E-state index contributed by atoms with van der Waals surface area (Å²) >= 11 is 0. The summed E-state index contributed by atoms with van der Waals surface area (Å²) in [7, 11) is 0. The lowest BCUT2D eigenvalue weighted by molar-refractivity contribution is 0.0804. The Morgan fingerprint density at radius 1 is 0.950 bits per heavy atom. The summed E-state index contributed by atoms with van der Waals surface area (Å²) in [5.41, 5.74) is 0. The molecule has 0 aromatic heterocycles. The molecule has 2 unspecified atom stereocenters. The molecule has 1 saturated heterocycles. The third kappa shape index (κ3) is 4.46. The van der Waals surface area contributed by atoms with Crippen LogP contribution in [0.5, 0.6) is 0 Å². The molecule has 2 fully saturated rings. The van der Waals surface area contributed by atoms with E-state index in [0.29, 0.717) is 0 Å². The number of hydrogen-bond acceptors (Lipinski definition) is 2. The number of nitrogens with one attached hydrogen (secondary N) is 1. The molecule has 0 bridgehead atoms. The molecule has 20 heavy (non-hydrogen) atoms. The van der Waals surface area contributed by atoms with E-state index in [1.807, 2.05) is 0 Å². The molecule has 2 rings (SSSR count). The second kappa shape index (κ2) is 8.38. The van der Waals surface area contributed by atoms with Crippen LogP contribution in [0, 0.1) is 11.8 Å². The summed E-state index contributed by atoms with van der Waals surface area (Å²) in [4.78, 5) is 2.83. The van der Waals surface area contributed by atoms with Gasteiger partial charge in [-0.3, -0.25) is 4.90 Å². The molecule has 2 atom stereocenters. The van der Waals surface area contributed by atoms with Crippen molar-refractivity contribution >= 4 is 0 Å². The molecule has 2 aliphatic rings. The minimum absolute atomic E-state index is 0.746. The number of rotatable bonds is 4. The zero-order valence-electron chi connectivity index (χ0n) is 14.0. The van der Waals surface area contributed by atoms with Crippen molar-refractivity contribution in [2.75, 3.05) is 19.6 Å².